The monoisotopic (exact) mass is 256 g/mol. The van der Waals surface area contributed by atoms with E-state index in [2.05, 4.69) is 17.0 Å². The molecule has 0 aromatic heterocycles. The lowest BCUT2D eigenvalue weighted by Gasteiger charge is -2.23. The van der Waals surface area contributed by atoms with Crippen LogP contribution >= 0.6 is 0 Å². The first-order valence-corrected chi connectivity index (χ1v) is 6.52. The summed E-state index contributed by atoms with van der Waals surface area (Å²) in [5, 5.41) is 0. The summed E-state index contributed by atoms with van der Waals surface area (Å²) in [7, 11) is 0. The topological polar surface area (TPSA) is 29.3 Å². The summed E-state index contributed by atoms with van der Waals surface area (Å²) in [6.45, 7) is 3.38. The van der Waals surface area contributed by atoms with E-state index in [4.69, 9.17) is 5.73 Å². The molecule has 1 aliphatic heterocycles. The SMILES string of the molecule is CC(N)c1cccc(F)c1N1Cc2ccccc2C1. The van der Waals surface area contributed by atoms with Crippen molar-refractivity contribution in [3.05, 3.63) is 65.0 Å². The van der Waals surface area contributed by atoms with Gasteiger partial charge >= 0.3 is 0 Å². The summed E-state index contributed by atoms with van der Waals surface area (Å²) < 4.78 is 14.2. The predicted octanol–water partition coefficient (Wildman–Crippen LogP) is 3.37. The highest BCUT2D eigenvalue weighted by molar-refractivity contribution is 5.59. The predicted molar refractivity (Wildman–Crippen MR) is 75.3 cm³/mol. The fourth-order valence-corrected chi connectivity index (χ4v) is 2.72. The van der Waals surface area contributed by atoms with Crippen LogP contribution in [0.3, 0.4) is 0 Å². The number of halogens is 1. The minimum atomic E-state index is -0.192. The van der Waals surface area contributed by atoms with Crippen molar-refractivity contribution in [2.75, 3.05) is 4.90 Å². The molecular formula is C16H17FN2. The molecule has 0 radical (unpaired) electrons. The van der Waals surface area contributed by atoms with Gasteiger partial charge in [0.25, 0.3) is 0 Å². The van der Waals surface area contributed by atoms with Crippen LogP contribution in [0.5, 0.6) is 0 Å². The van der Waals surface area contributed by atoms with Crippen LogP contribution in [0.15, 0.2) is 42.5 Å². The van der Waals surface area contributed by atoms with Gasteiger partial charge in [-0.05, 0) is 29.7 Å². The van der Waals surface area contributed by atoms with Crippen molar-refractivity contribution in [2.45, 2.75) is 26.1 Å². The maximum Gasteiger partial charge on any atom is 0.146 e. The Labute approximate surface area is 112 Å². The van der Waals surface area contributed by atoms with Crippen LogP contribution in [-0.4, -0.2) is 0 Å². The van der Waals surface area contributed by atoms with Crippen LogP contribution in [-0.2, 0) is 13.1 Å². The highest BCUT2D eigenvalue weighted by Gasteiger charge is 2.24. The van der Waals surface area contributed by atoms with Gasteiger partial charge in [-0.3, -0.25) is 0 Å². The lowest BCUT2D eigenvalue weighted by atomic mass is 10.1. The first-order valence-electron chi connectivity index (χ1n) is 6.52. The normalized spacial score (nSPS) is 15.4. The zero-order valence-electron chi connectivity index (χ0n) is 10.9. The third-order valence-electron chi connectivity index (χ3n) is 3.67. The highest BCUT2D eigenvalue weighted by Crippen LogP contribution is 2.34. The molecule has 0 saturated carbocycles. The van der Waals surface area contributed by atoms with E-state index in [-0.39, 0.29) is 11.9 Å². The molecule has 2 N–H and O–H groups in total. The number of hydrogen-bond donors (Lipinski definition) is 1. The molecule has 0 fully saturated rings. The van der Waals surface area contributed by atoms with E-state index in [1.807, 2.05) is 25.1 Å². The fraction of sp³-hybridized carbons (Fsp3) is 0.250. The molecule has 19 heavy (non-hydrogen) atoms. The van der Waals surface area contributed by atoms with Crippen molar-refractivity contribution >= 4 is 5.69 Å². The average Bonchev–Trinajstić information content (AvgIpc) is 2.81. The molecule has 0 amide bonds. The quantitative estimate of drug-likeness (QED) is 0.892. The molecule has 0 saturated heterocycles. The molecule has 2 aromatic rings. The van der Waals surface area contributed by atoms with Crippen LogP contribution < -0.4 is 10.6 Å². The maximum absolute atomic E-state index is 14.2. The van der Waals surface area contributed by atoms with Gasteiger partial charge in [-0.2, -0.15) is 0 Å². The van der Waals surface area contributed by atoms with E-state index < -0.39 is 0 Å². The summed E-state index contributed by atoms with van der Waals surface area (Å²) in [4.78, 5) is 2.07. The zero-order chi connectivity index (χ0) is 13.4. The third-order valence-corrected chi connectivity index (χ3v) is 3.67. The summed E-state index contributed by atoms with van der Waals surface area (Å²) in [5.74, 6) is -0.192. The van der Waals surface area contributed by atoms with Crippen LogP contribution in [0, 0.1) is 5.82 Å². The lowest BCUT2D eigenvalue weighted by molar-refractivity contribution is 0.613. The van der Waals surface area contributed by atoms with Crippen molar-refractivity contribution in [2.24, 2.45) is 5.73 Å². The third kappa shape index (κ3) is 2.10. The first-order chi connectivity index (χ1) is 9.16. The van der Waals surface area contributed by atoms with Gasteiger partial charge in [-0.25, -0.2) is 4.39 Å². The van der Waals surface area contributed by atoms with Crippen molar-refractivity contribution in [3.8, 4) is 0 Å². The number of nitrogens with zero attached hydrogens (tertiary/aromatic N) is 1. The van der Waals surface area contributed by atoms with Gasteiger partial charge < -0.3 is 10.6 Å². The fourth-order valence-electron chi connectivity index (χ4n) is 2.72. The molecule has 98 valence electrons. The van der Waals surface area contributed by atoms with Crippen LogP contribution in [0.1, 0.15) is 29.7 Å². The van der Waals surface area contributed by atoms with Crippen LogP contribution in [0.4, 0.5) is 10.1 Å². The molecule has 1 aliphatic rings. The minimum Gasteiger partial charge on any atom is -0.360 e. The second-order valence-corrected chi connectivity index (χ2v) is 5.09. The number of benzene rings is 2. The molecule has 1 heterocycles. The molecule has 0 bridgehead atoms. The van der Waals surface area contributed by atoms with Crippen molar-refractivity contribution in [1.29, 1.82) is 0 Å². The van der Waals surface area contributed by atoms with E-state index in [9.17, 15) is 4.39 Å². The van der Waals surface area contributed by atoms with Gasteiger partial charge in [0, 0.05) is 19.1 Å². The van der Waals surface area contributed by atoms with Gasteiger partial charge in [0.2, 0.25) is 0 Å². The van der Waals surface area contributed by atoms with Gasteiger partial charge in [-0.15, -0.1) is 0 Å². The standard InChI is InChI=1S/C16H17FN2/c1-11(18)14-7-4-8-15(17)16(14)19-9-12-5-2-3-6-13(12)10-19/h2-8,11H,9-10,18H2,1H3. The lowest BCUT2D eigenvalue weighted by Crippen LogP contribution is -2.20. The van der Waals surface area contributed by atoms with Crippen molar-refractivity contribution in [3.63, 3.8) is 0 Å². The Kier molecular flexibility index (Phi) is 2.99. The van der Waals surface area contributed by atoms with Gasteiger partial charge in [0.1, 0.15) is 5.82 Å². The largest absolute Gasteiger partial charge is 0.360 e. The van der Waals surface area contributed by atoms with Crippen molar-refractivity contribution in [1.82, 2.24) is 0 Å². The zero-order valence-corrected chi connectivity index (χ0v) is 10.9. The molecule has 3 heteroatoms. The Balaban J connectivity index is 2.01. The van der Waals surface area contributed by atoms with E-state index in [1.165, 1.54) is 17.2 Å². The second kappa shape index (κ2) is 4.67. The molecule has 1 atom stereocenters. The number of hydrogen-bond acceptors (Lipinski definition) is 2. The number of rotatable bonds is 2. The molecule has 2 nitrogen and oxygen atoms in total. The van der Waals surface area contributed by atoms with Gasteiger partial charge in [0.05, 0.1) is 5.69 Å². The molecule has 3 rings (SSSR count). The molecule has 2 aromatic carbocycles. The Hall–Kier alpha value is -1.87. The molecule has 1 unspecified atom stereocenters. The van der Waals surface area contributed by atoms with Gasteiger partial charge in [0.15, 0.2) is 0 Å². The van der Waals surface area contributed by atoms with E-state index in [0.717, 1.165) is 18.7 Å². The number of nitrogens with two attached hydrogens (primary N) is 1. The van der Waals surface area contributed by atoms with Crippen LogP contribution in [0.25, 0.3) is 0 Å². The number of fused-ring (bicyclic) bond motifs is 1. The average molecular weight is 256 g/mol. The Bertz CT molecular complexity index is 582. The smallest absolute Gasteiger partial charge is 0.146 e. The van der Waals surface area contributed by atoms with Crippen molar-refractivity contribution < 1.29 is 4.39 Å². The van der Waals surface area contributed by atoms with Gasteiger partial charge in [-0.1, -0.05) is 36.4 Å². The van der Waals surface area contributed by atoms with E-state index in [0.29, 0.717) is 5.69 Å². The first kappa shape index (κ1) is 12.2. The van der Waals surface area contributed by atoms with E-state index in [1.54, 1.807) is 6.07 Å². The number of anilines is 1. The minimum absolute atomic E-state index is 0.172. The molecular weight excluding hydrogens is 239 g/mol. The Morgan fingerprint density at radius 3 is 2.26 bits per heavy atom. The summed E-state index contributed by atoms with van der Waals surface area (Å²) in [6.07, 6.45) is 0. The van der Waals surface area contributed by atoms with Crippen LogP contribution in [0.2, 0.25) is 0 Å². The summed E-state index contributed by atoms with van der Waals surface area (Å²) >= 11 is 0. The molecule has 0 spiro atoms. The summed E-state index contributed by atoms with van der Waals surface area (Å²) in [5.41, 5.74) is 10.0. The second-order valence-electron chi connectivity index (χ2n) is 5.09. The molecule has 0 aliphatic carbocycles. The maximum atomic E-state index is 14.2. The van der Waals surface area contributed by atoms with E-state index >= 15 is 0 Å². The Morgan fingerprint density at radius 2 is 1.68 bits per heavy atom. The summed E-state index contributed by atoms with van der Waals surface area (Å²) in [6, 6.07) is 13.2. The Morgan fingerprint density at radius 1 is 1.05 bits per heavy atom. The number of para-hydroxylation sites is 1. The highest BCUT2D eigenvalue weighted by atomic mass is 19.1.